The smallest absolute Gasteiger partial charge is 0.133 e. The summed E-state index contributed by atoms with van der Waals surface area (Å²) in [6.07, 6.45) is 6.24. The molecule has 3 heterocycles. The number of rotatable bonds is 5. The lowest BCUT2D eigenvalue weighted by atomic mass is 9.95. The summed E-state index contributed by atoms with van der Waals surface area (Å²) in [6, 6.07) is 6.34. The normalized spacial score (nSPS) is 20.8. The molecule has 0 bridgehead atoms. The standard InChI is InChI=1S/C16H21N5O/c1-21(2)16-8-15(18-11-19-16)20-14-10-22-9-13(14)7-12-3-5-17-6-4-12/h3-6,8,11,13-14H,7,9-10H2,1-2H3,(H,18,19,20)/t13-,14-/m1/s1. The van der Waals surface area contributed by atoms with E-state index in [-0.39, 0.29) is 6.04 Å². The molecule has 1 fully saturated rings. The van der Waals surface area contributed by atoms with Crippen LogP contribution in [0.2, 0.25) is 0 Å². The lowest BCUT2D eigenvalue weighted by Gasteiger charge is -2.20. The molecule has 0 saturated carbocycles. The lowest BCUT2D eigenvalue weighted by molar-refractivity contribution is 0.185. The quantitative estimate of drug-likeness (QED) is 0.905. The Balaban J connectivity index is 1.67. The predicted octanol–water partition coefficient (Wildman–Crippen LogP) is 1.61. The summed E-state index contributed by atoms with van der Waals surface area (Å²) < 4.78 is 5.66. The number of pyridine rings is 1. The van der Waals surface area contributed by atoms with Gasteiger partial charge in [-0.05, 0) is 24.1 Å². The average Bonchev–Trinajstić information content (AvgIpc) is 2.95. The van der Waals surface area contributed by atoms with Gasteiger partial charge < -0.3 is 15.0 Å². The first kappa shape index (κ1) is 14.7. The highest BCUT2D eigenvalue weighted by Crippen LogP contribution is 2.22. The second-order valence-electron chi connectivity index (χ2n) is 5.76. The fourth-order valence-corrected chi connectivity index (χ4v) is 2.64. The number of hydrogen-bond donors (Lipinski definition) is 1. The Labute approximate surface area is 130 Å². The molecule has 1 saturated heterocycles. The molecule has 0 unspecified atom stereocenters. The molecule has 116 valence electrons. The molecule has 2 atom stereocenters. The minimum absolute atomic E-state index is 0.262. The van der Waals surface area contributed by atoms with Crippen LogP contribution in [-0.2, 0) is 11.2 Å². The van der Waals surface area contributed by atoms with Crippen molar-refractivity contribution in [1.82, 2.24) is 15.0 Å². The molecule has 6 heteroatoms. The molecule has 1 aliphatic heterocycles. The molecule has 1 N–H and O–H groups in total. The molecule has 0 radical (unpaired) electrons. The number of hydrogen-bond acceptors (Lipinski definition) is 6. The first-order chi connectivity index (χ1) is 10.7. The monoisotopic (exact) mass is 299 g/mol. The van der Waals surface area contributed by atoms with Crippen molar-refractivity contribution in [1.29, 1.82) is 0 Å². The van der Waals surface area contributed by atoms with Gasteiger partial charge in [0.1, 0.15) is 18.0 Å². The Bertz CT molecular complexity index is 604. The van der Waals surface area contributed by atoms with Crippen molar-refractivity contribution < 1.29 is 4.74 Å². The van der Waals surface area contributed by atoms with Crippen LogP contribution in [0.15, 0.2) is 36.9 Å². The molecule has 6 nitrogen and oxygen atoms in total. The molecule has 2 aromatic heterocycles. The van der Waals surface area contributed by atoms with E-state index in [0.717, 1.165) is 24.7 Å². The lowest BCUT2D eigenvalue weighted by Crippen LogP contribution is -2.29. The Hall–Kier alpha value is -2.21. The summed E-state index contributed by atoms with van der Waals surface area (Å²) in [5.41, 5.74) is 1.29. The van der Waals surface area contributed by atoms with E-state index < -0.39 is 0 Å². The molecule has 1 aliphatic rings. The highest BCUT2D eigenvalue weighted by Gasteiger charge is 2.28. The van der Waals surface area contributed by atoms with Crippen LogP contribution in [-0.4, -0.2) is 48.3 Å². The third kappa shape index (κ3) is 3.51. The summed E-state index contributed by atoms with van der Waals surface area (Å²) in [7, 11) is 3.94. The average molecular weight is 299 g/mol. The van der Waals surface area contributed by atoms with Gasteiger partial charge in [0.15, 0.2) is 0 Å². The van der Waals surface area contributed by atoms with Crippen LogP contribution in [0.5, 0.6) is 0 Å². The maximum absolute atomic E-state index is 5.66. The van der Waals surface area contributed by atoms with Gasteiger partial charge in [0.05, 0.1) is 19.3 Å². The van der Waals surface area contributed by atoms with E-state index in [1.807, 2.05) is 37.5 Å². The molecule has 0 amide bonds. The molecule has 3 rings (SSSR count). The second-order valence-corrected chi connectivity index (χ2v) is 5.76. The van der Waals surface area contributed by atoms with Crippen molar-refractivity contribution in [2.24, 2.45) is 5.92 Å². The number of aromatic nitrogens is 3. The summed E-state index contributed by atoms with van der Waals surface area (Å²) in [4.78, 5) is 14.6. The third-order valence-electron chi connectivity index (χ3n) is 3.89. The maximum atomic E-state index is 5.66. The zero-order chi connectivity index (χ0) is 15.4. The summed E-state index contributed by atoms with van der Waals surface area (Å²) >= 11 is 0. The van der Waals surface area contributed by atoms with Crippen molar-refractivity contribution in [3.8, 4) is 0 Å². The van der Waals surface area contributed by atoms with Crippen LogP contribution in [0, 0.1) is 5.92 Å². The highest BCUT2D eigenvalue weighted by atomic mass is 16.5. The zero-order valence-electron chi connectivity index (χ0n) is 12.9. The number of anilines is 2. The van der Waals surface area contributed by atoms with Crippen LogP contribution >= 0.6 is 0 Å². The van der Waals surface area contributed by atoms with Crippen molar-refractivity contribution in [2.75, 3.05) is 37.5 Å². The number of nitrogens with zero attached hydrogens (tertiary/aromatic N) is 4. The van der Waals surface area contributed by atoms with E-state index in [9.17, 15) is 0 Å². The SMILES string of the molecule is CN(C)c1cc(N[C@@H]2COC[C@H]2Cc2ccncc2)ncn1. The van der Waals surface area contributed by atoms with Gasteiger partial charge in [0, 0.05) is 38.5 Å². The van der Waals surface area contributed by atoms with Gasteiger partial charge in [-0.1, -0.05) is 0 Å². The molecule has 22 heavy (non-hydrogen) atoms. The molecule has 0 spiro atoms. The third-order valence-corrected chi connectivity index (χ3v) is 3.89. The Kier molecular flexibility index (Phi) is 4.48. The van der Waals surface area contributed by atoms with E-state index in [1.165, 1.54) is 5.56 Å². The largest absolute Gasteiger partial charge is 0.379 e. The molecular formula is C16H21N5O. The number of nitrogens with one attached hydrogen (secondary N) is 1. The maximum Gasteiger partial charge on any atom is 0.133 e. The predicted molar refractivity (Wildman–Crippen MR) is 86.0 cm³/mol. The zero-order valence-corrected chi connectivity index (χ0v) is 12.9. The fourth-order valence-electron chi connectivity index (χ4n) is 2.64. The van der Waals surface area contributed by atoms with Gasteiger partial charge in [0.25, 0.3) is 0 Å². The minimum Gasteiger partial charge on any atom is -0.379 e. The Morgan fingerprint density at radius 1 is 1.23 bits per heavy atom. The van der Waals surface area contributed by atoms with E-state index in [0.29, 0.717) is 12.5 Å². The van der Waals surface area contributed by atoms with Gasteiger partial charge in [-0.25, -0.2) is 9.97 Å². The van der Waals surface area contributed by atoms with E-state index >= 15 is 0 Å². The minimum atomic E-state index is 0.262. The fraction of sp³-hybridized carbons (Fsp3) is 0.438. The highest BCUT2D eigenvalue weighted by molar-refractivity contribution is 5.48. The van der Waals surface area contributed by atoms with Crippen molar-refractivity contribution in [3.63, 3.8) is 0 Å². The van der Waals surface area contributed by atoms with Crippen molar-refractivity contribution in [3.05, 3.63) is 42.5 Å². The molecule has 0 aliphatic carbocycles. The van der Waals surface area contributed by atoms with Gasteiger partial charge in [-0.2, -0.15) is 0 Å². The summed E-state index contributed by atoms with van der Waals surface area (Å²) in [6.45, 7) is 1.47. The first-order valence-electron chi connectivity index (χ1n) is 7.45. The van der Waals surface area contributed by atoms with Crippen LogP contribution in [0.4, 0.5) is 11.6 Å². The van der Waals surface area contributed by atoms with Gasteiger partial charge in [-0.15, -0.1) is 0 Å². The topological polar surface area (TPSA) is 63.2 Å². The molecule has 0 aromatic carbocycles. The van der Waals surface area contributed by atoms with Crippen LogP contribution in [0.25, 0.3) is 0 Å². The van der Waals surface area contributed by atoms with Crippen molar-refractivity contribution in [2.45, 2.75) is 12.5 Å². The van der Waals surface area contributed by atoms with Crippen LogP contribution in [0.3, 0.4) is 0 Å². The van der Waals surface area contributed by atoms with E-state index in [2.05, 4.69) is 32.4 Å². The van der Waals surface area contributed by atoms with Crippen LogP contribution < -0.4 is 10.2 Å². The van der Waals surface area contributed by atoms with E-state index in [1.54, 1.807) is 6.33 Å². The second kappa shape index (κ2) is 6.70. The summed E-state index contributed by atoms with van der Waals surface area (Å²) in [5.74, 6) is 2.16. The van der Waals surface area contributed by atoms with Gasteiger partial charge >= 0.3 is 0 Å². The van der Waals surface area contributed by atoms with E-state index in [4.69, 9.17) is 4.74 Å². The Morgan fingerprint density at radius 2 is 2.05 bits per heavy atom. The van der Waals surface area contributed by atoms with Gasteiger partial charge in [-0.3, -0.25) is 4.98 Å². The van der Waals surface area contributed by atoms with Crippen LogP contribution in [0.1, 0.15) is 5.56 Å². The van der Waals surface area contributed by atoms with Crippen molar-refractivity contribution >= 4 is 11.6 Å². The summed E-state index contributed by atoms with van der Waals surface area (Å²) in [5, 5.41) is 3.49. The molecular weight excluding hydrogens is 278 g/mol. The number of ether oxygens (including phenoxy) is 1. The van der Waals surface area contributed by atoms with Gasteiger partial charge in [0.2, 0.25) is 0 Å². The first-order valence-corrected chi connectivity index (χ1v) is 7.45. The Morgan fingerprint density at radius 3 is 2.82 bits per heavy atom. The molecule has 2 aromatic rings.